The second kappa shape index (κ2) is 11.3. The molecule has 3 aromatic heterocycles. The third kappa shape index (κ3) is 5.96. The predicted octanol–water partition coefficient (Wildman–Crippen LogP) is 7.85. The molecular formula is C32H28IrN2OSi-2. The van der Waals surface area contributed by atoms with Crippen molar-refractivity contribution in [3.63, 3.8) is 0 Å². The van der Waals surface area contributed by atoms with Crippen molar-refractivity contribution >= 4 is 35.2 Å². The molecule has 3 aromatic carbocycles. The van der Waals surface area contributed by atoms with Gasteiger partial charge in [0.15, 0.2) is 0 Å². The van der Waals surface area contributed by atoms with Gasteiger partial charge in [0.05, 0.1) is 13.7 Å². The summed E-state index contributed by atoms with van der Waals surface area (Å²) < 4.78 is 28.2. The fourth-order valence-electron chi connectivity index (χ4n) is 4.04. The Bertz CT molecular complexity index is 1730. The summed E-state index contributed by atoms with van der Waals surface area (Å²) in [6.07, 6.45) is 3.31. The molecule has 0 saturated carbocycles. The second-order valence-electron chi connectivity index (χ2n) is 9.58. The summed E-state index contributed by atoms with van der Waals surface area (Å²) in [5.41, 5.74) is 5.37. The minimum atomic E-state index is -2.09. The molecule has 0 saturated heterocycles. The molecule has 6 rings (SSSR count). The Balaban J connectivity index is 0.000000192. The van der Waals surface area contributed by atoms with Crippen LogP contribution >= 0.6 is 0 Å². The molecule has 0 atom stereocenters. The van der Waals surface area contributed by atoms with Crippen LogP contribution in [0, 0.1) is 19.0 Å². The minimum absolute atomic E-state index is 0. The number of nitrogens with zero attached hydrogens (tertiary/aromatic N) is 2. The summed E-state index contributed by atoms with van der Waals surface area (Å²) in [5.74, 6) is 0. The minimum Gasteiger partial charge on any atom is -0.501 e. The molecule has 0 aliphatic heterocycles. The molecule has 0 unspecified atom stereocenters. The maximum atomic E-state index is 7.33. The first-order valence-corrected chi connectivity index (χ1v) is 15.3. The zero-order chi connectivity index (χ0) is 27.6. The Hall–Kier alpha value is -3.37. The van der Waals surface area contributed by atoms with E-state index in [0.717, 1.165) is 38.8 Å². The number of pyridine rings is 2. The molecule has 0 aliphatic rings. The predicted molar refractivity (Wildman–Crippen MR) is 152 cm³/mol. The number of hydrogen-bond acceptors (Lipinski definition) is 3. The zero-order valence-electron chi connectivity index (χ0n) is 23.9. The van der Waals surface area contributed by atoms with Gasteiger partial charge in [0.2, 0.25) is 0 Å². The van der Waals surface area contributed by atoms with Gasteiger partial charge >= 0.3 is 0 Å². The first kappa shape index (κ1) is 22.8. The number of fused-ring (bicyclic) bond motifs is 3. The summed E-state index contributed by atoms with van der Waals surface area (Å²) in [5, 5.41) is 3.70. The van der Waals surface area contributed by atoms with E-state index >= 15 is 0 Å². The standard InChI is InChI=1S/C20H18NOSi.C12H10N.Ir/c1-23(2,3)14-10-11-15-16-7-6-8-17(18-9-4-5-12-21-18)20(16)22-19(15)13-14;1-10-7-8-13-12(9-10)11-5-3-2-4-6-11;/h4-7,9-13H,1-3H3;2-5,7-9H,1H3;/q2*-1;/i;1D3;. The third-order valence-corrected chi connectivity index (χ3v) is 8.01. The van der Waals surface area contributed by atoms with Gasteiger partial charge in [-0.15, -0.1) is 54.1 Å². The van der Waals surface area contributed by atoms with E-state index in [1.54, 1.807) is 18.3 Å². The third-order valence-electron chi connectivity index (χ3n) is 5.97. The van der Waals surface area contributed by atoms with E-state index in [2.05, 4.69) is 66.0 Å². The van der Waals surface area contributed by atoms with Gasteiger partial charge in [-0.3, -0.25) is 0 Å². The van der Waals surface area contributed by atoms with Gasteiger partial charge in [-0.05, 0) is 36.4 Å². The monoisotopic (exact) mass is 680 g/mol. The Morgan fingerprint density at radius 2 is 1.62 bits per heavy atom. The van der Waals surface area contributed by atoms with E-state index in [4.69, 9.17) is 8.53 Å². The number of rotatable bonds is 3. The van der Waals surface area contributed by atoms with Crippen molar-refractivity contribution in [2.45, 2.75) is 26.5 Å². The van der Waals surface area contributed by atoms with E-state index in [1.807, 2.05) is 42.5 Å². The van der Waals surface area contributed by atoms with Gasteiger partial charge in [0.1, 0.15) is 5.58 Å². The first-order valence-electron chi connectivity index (χ1n) is 13.3. The van der Waals surface area contributed by atoms with Crippen LogP contribution in [0.1, 0.15) is 9.68 Å². The van der Waals surface area contributed by atoms with Crippen LogP contribution in [0.3, 0.4) is 0 Å². The molecule has 0 bridgehead atoms. The molecule has 0 amide bonds. The van der Waals surface area contributed by atoms with Crippen LogP contribution in [-0.2, 0) is 20.1 Å². The maximum Gasteiger partial charge on any atom is 0.120 e. The molecule has 1 radical (unpaired) electrons. The van der Waals surface area contributed by atoms with Crippen LogP contribution in [0.5, 0.6) is 0 Å². The summed E-state index contributed by atoms with van der Waals surface area (Å²) >= 11 is 0. The average molecular weight is 680 g/mol. The second-order valence-corrected chi connectivity index (χ2v) is 14.7. The Morgan fingerprint density at radius 3 is 2.35 bits per heavy atom. The Morgan fingerprint density at radius 1 is 0.784 bits per heavy atom. The van der Waals surface area contributed by atoms with Crippen molar-refractivity contribution in [3.05, 3.63) is 115 Å². The zero-order valence-corrected chi connectivity index (χ0v) is 24.3. The molecule has 0 fully saturated rings. The number of hydrogen-bond donors (Lipinski definition) is 0. The van der Waals surface area contributed by atoms with Gasteiger partial charge in [-0.25, -0.2) is 0 Å². The summed E-state index contributed by atoms with van der Waals surface area (Å²) in [6, 6.07) is 33.3. The molecule has 0 N–H and O–H groups in total. The number of benzene rings is 3. The number of furan rings is 1. The van der Waals surface area contributed by atoms with Gasteiger partial charge in [-0.1, -0.05) is 71.7 Å². The van der Waals surface area contributed by atoms with Gasteiger partial charge < -0.3 is 14.4 Å². The van der Waals surface area contributed by atoms with E-state index in [-0.39, 0.29) is 20.1 Å². The summed E-state index contributed by atoms with van der Waals surface area (Å²) in [6.45, 7) is 4.96. The van der Waals surface area contributed by atoms with E-state index in [0.29, 0.717) is 11.3 Å². The average Bonchev–Trinajstić information content (AvgIpc) is 3.32. The molecular weight excluding hydrogens is 649 g/mol. The van der Waals surface area contributed by atoms with Crippen LogP contribution in [0.15, 0.2) is 102 Å². The Kier molecular flexibility index (Phi) is 6.99. The quantitative estimate of drug-likeness (QED) is 0.141. The summed E-state index contributed by atoms with van der Waals surface area (Å²) in [4.78, 5) is 8.58. The van der Waals surface area contributed by atoms with Crippen LogP contribution in [-0.4, -0.2) is 18.0 Å². The van der Waals surface area contributed by atoms with Crippen molar-refractivity contribution in [2.24, 2.45) is 0 Å². The van der Waals surface area contributed by atoms with Gasteiger partial charge in [0.25, 0.3) is 0 Å². The summed E-state index contributed by atoms with van der Waals surface area (Å²) in [7, 11) is -1.36. The van der Waals surface area contributed by atoms with Crippen molar-refractivity contribution in [1.82, 2.24) is 9.97 Å². The Labute approximate surface area is 237 Å². The van der Waals surface area contributed by atoms with Crippen LogP contribution in [0.4, 0.5) is 0 Å². The SMILES string of the molecule is C[Si](C)(C)c1ccc2c(c1)oc1c(-c3ccccn3)[c-]ccc12.[2H]C([2H])([2H])c1ccnc(-c2[c-]cccc2)c1.[Ir]. The van der Waals surface area contributed by atoms with Gasteiger partial charge in [-0.2, -0.15) is 0 Å². The van der Waals surface area contributed by atoms with Crippen molar-refractivity contribution in [3.8, 4) is 22.5 Å². The largest absolute Gasteiger partial charge is 0.501 e. The molecule has 0 aliphatic carbocycles. The van der Waals surface area contributed by atoms with Gasteiger partial charge in [0, 0.05) is 42.0 Å². The maximum absolute atomic E-state index is 7.33. The molecule has 0 spiro atoms. The fourth-order valence-corrected chi connectivity index (χ4v) is 5.19. The fraction of sp³-hybridized carbons (Fsp3) is 0.125. The molecule has 5 heteroatoms. The molecule has 37 heavy (non-hydrogen) atoms. The van der Waals surface area contributed by atoms with Crippen LogP contribution in [0.25, 0.3) is 44.5 Å². The topological polar surface area (TPSA) is 38.9 Å². The van der Waals surface area contributed by atoms with Crippen LogP contribution < -0.4 is 5.19 Å². The number of aromatic nitrogens is 2. The van der Waals surface area contributed by atoms with E-state index in [1.165, 1.54) is 17.4 Å². The smallest absolute Gasteiger partial charge is 0.120 e. The van der Waals surface area contributed by atoms with Crippen molar-refractivity contribution < 1.29 is 28.6 Å². The molecule has 3 nitrogen and oxygen atoms in total. The number of aryl methyl sites for hydroxylation is 1. The normalized spacial score (nSPS) is 12.6. The van der Waals surface area contributed by atoms with Crippen molar-refractivity contribution in [2.75, 3.05) is 0 Å². The van der Waals surface area contributed by atoms with Crippen LogP contribution in [0.2, 0.25) is 19.6 Å². The molecule has 6 aromatic rings. The van der Waals surface area contributed by atoms with Crippen molar-refractivity contribution in [1.29, 1.82) is 0 Å². The molecule has 187 valence electrons. The molecule has 3 heterocycles. The van der Waals surface area contributed by atoms with E-state index in [9.17, 15) is 0 Å². The first-order chi connectivity index (χ1) is 18.6. The van der Waals surface area contributed by atoms with E-state index < -0.39 is 14.9 Å².